The SMILES string of the molecule is Cn1c(-c2nc3ccccc3o2)cc2ccccc21. The highest BCUT2D eigenvalue weighted by Gasteiger charge is 2.13. The van der Waals surface area contributed by atoms with E-state index in [1.165, 1.54) is 10.9 Å². The molecule has 2 aromatic carbocycles. The summed E-state index contributed by atoms with van der Waals surface area (Å²) in [6, 6.07) is 18.2. The molecular formula is C16H12N2O. The molecule has 19 heavy (non-hydrogen) atoms. The monoisotopic (exact) mass is 248 g/mol. The number of hydrogen-bond donors (Lipinski definition) is 0. The summed E-state index contributed by atoms with van der Waals surface area (Å²) in [5.74, 6) is 0.667. The molecule has 0 aliphatic heterocycles. The first-order valence-electron chi connectivity index (χ1n) is 6.23. The van der Waals surface area contributed by atoms with Crippen LogP contribution in [0.2, 0.25) is 0 Å². The van der Waals surface area contributed by atoms with Crippen LogP contribution in [0, 0.1) is 0 Å². The van der Waals surface area contributed by atoms with E-state index in [0.29, 0.717) is 5.89 Å². The third-order valence-corrected chi connectivity index (χ3v) is 3.46. The largest absolute Gasteiger partial charge is 0.435 e. The van der Waals surface area contributed by atoms with Crippen LogP contribution in [0.25, 0.3) is 33.6 Å². The van der Waals surface area contributed by atoms with Gasteiger partial charge in [-0.25, -0.2) is 4.98 Å². The lowest BCUT2D eigenvalue weighted by atomic mass is 10.2. The predicted molar refractivity (Wildman–Crippen MR) is 75.9 cm³/mol. The Morgan fingerprint density at radius 1 is 1.00 bits per heavy atom. The molecule has 0 unspecified atom stereocenters. The van der Waals surface area contributed by atoms with Crippen molar-refractivity contribution >= 4 is 22.0 Å². The van der Waals surface area contributed by atoms with Crippen molar-refractivity contribution in [3.8, 4) is 11.6 Å². The summed E-state index contributed by atoms with van der Waals surface area (Å²) in [6.45, 7) is 0. The molecule has 0 N–H and O–H groups in total. The summed E-state index contributed by atoms with van der Waals surface area (Å²) in [5, 5.41) is 1.20. The molecule has 0 atom stereocenters. The van der Waals surface area contributed by atoms with E-state index in [9.17, 15) is 0 Å². The molecule has 0 saturated heterocycles. The summed E-state index contributed by atoms with van der Waals surface area (Å²) >= 11 is 0. The maximum atomic E-state index is 5.83. The number of para-hydroxylation sites is 3. The van der Waals surface area contributed by atoms with Crippen LogP contribution in [0.3, 0.4) is 0 Å². The summed E-state index contributed by atoms with van der Waals surface area (Å²) in [4.78, 5) is 4.55. The Balaban J connectivity index is 2.01. The summed E-state index contributed by atoms with van der Waals surface area (Å²) < 4.78 is 7.94. The minimum absolute atomic E-state index is 0.667. The molecule has 2 heterocycles. The maximum Gasteiger partial charge on any atom is 0.244 e. The number of aryl methyl sites for hydroxylation is 1. The maximum absolute atomic E-state index is 5.83. The standard InChI is InChI=1S/C16H12N2O/c1-18-13-8-4-2-6-11(13)10-14(18)16-17-12-7-3-5-9-15(12)19-16/h2-10H,1H3. The number of hydrogen-bond acceptors (Lipinski definition) is 2. The molecular weight excluding hydrogens is 236 g/mol. The number of aromatic nitrogens is 2. The third-order valence-electron chi connectivity index (χ3n) is 3.46. The highest BCUT2D eigenvalue weighted by molar-refractivity contribution is 5.86. The van der Waals surface area contributed by atoms with Crippen LogP contribution in [0.4, 0.5) is 0 Å². The van der Waals surface area contributed by atoms with Crippen LogP contribution in [0.5, 0.6) is 0 Å². The summed E-state index contributed by atoms with van der Waals surface area (Å²) in [7, 11) is 2.03. The van der Waals surface area contributed by atoms with Crippen molar-refractivity contribution in [3.63, 3.8) is 0 Å². The van der Waals surface area contributed by atoms with Gasteiger partial charge in [-0.05, 0) is 24.3 Å². The van der Waals surface area contributed by atoms with Gasteiger partial charge in [0.1, 0.15) is 11.2 Å². The van der Waals surface area contributed by atoms with Crippen molar-refractivity contribution in [1.82, 2.24) is 9.55 Å². The first kappa shape index (κ1) is 10.4. The van der Waals surface area contributed by atoms with E-state index in [1.807, 2.05) is 43.4 Å². The molecule has 3 heteroatoms. The van der Waals surface area contributed by atoms with E-state index in [1.54, 1.807) is 0 Å². The highest BCUT2D eigenvalue weighted by Crippen LogP contribution is 2.28. The van der Waals surface area contributed by atoms with Crippen molar-refractivity contribution in [2.45, 2.75) is 0 Å². The average molecular weight is 248 g/mol. The van der Waals surface area contributed by atoms with Gasteiger partial charge in [-0.1, -0.05) is 30.3 Å². The van der Waals surface area contributed by atoms with E-state index in [4.69, 9.17) is 4.42 Å². The Morgan fingerprint density at radius 2 is 1.79 bits per heavy atom. The minimum atomic E-state index is 0.667. The fourth-order valence-corrected chi connectivity index (χ4v) is 2.48. The quantitative estimate of drug-likeness (QED) is 0.510. The Kier molecular flexibility index (Phi) is 2.03. The lowest BCUT2D eigenvalue weighted by Crippen LogP contribution is -1.90. The zero-order valence-electron chi connectivity index (χ0n) is 10.5. The van der Waals surface area contributed by atoms with Crippen LogP contribution >= 0.6 is 0 Å². The van der Waals surface area contributed by atoms with Gasteiger partial charge in [0.15, 0.2) is 5.58 Å². The van der Waals surface area contributed by atoms with Crippen LogP contribution < -0.4 is 0 Å². The molecule has 4 rings (SSSR count). The van der Waals surface area contributed by atoms with Gasteiger partial charge in [0.25, 0.3) is 0 Å². The van der Waals surface area contributed by atoms with Crippen molar-refractivity contribution in [2.24, 2.45) is 7.05 Å². The molecule has 0 aliphatic carbocycles. The molecule has 0 radical (unpaired) electrons. The van der Waals surface area contributed by atoms with Crippen molar-refractivity contribution in [2.75, 3.05) is 0 Å². The topological polar surface area (TPSA) is 31.0 Å². The van der Waals surface area contributed by atoms with Crippen LogP contribution in [-0.2, 0) is 7.05 Å². The van der Waals surface area contributed by atoms with E-state index >= 15 is 0 Å². The van der Waals surface area contributed by atoms with Crippen LogP contribution in [0.15, 0.2) is 59.0 Å². The fraction of sp³-hybridized carbons (Fsp3) is 0.0625. The number of fused-ring (bicyclic) bond motifs is 2. The van der Waals surface area contributed by atoms with Crippen molar-refractivity contribution in [3.05, 3.63) is 54.6 Å². The Labute approximate surface area is 110 Å². The molecule has 0 saturated carbocycles. The van der Waals surface area contributed by atoms with Gasteiger partial charge in [0.2, 0.25) is 5.89 Å². The lowest BCUT2D eigenvalue weighted by Gasteiger charge is -1.99. The third kappa shape index (κ3) is 1.48. The first-order valence-corrected chi connectivity index (χ1v) is 6.23. The van der Waals surface area contributed by atoms with Crippen molar-refractivity contribution < 1.29 is 4.42 Å². The molecule has 4 aromatic rings. The van der Waals surface area contributed by atoms with Crippen LogP contribution in [-0.4, -0.2) is 9.55 Å². The fourth-order valence-electron chi connectivity index (χ4n) is 2.48. The Bertz CT molecular complexity index is 853. The predicted octanol–water partition coefficient (Wildman–Crippen LogP) is 3.99. The Morgan fingerprint density at radius 3 is 2.63 bits per heavy atom. The molecule has 3 nitrogen and oxygen atoms in total. The van der Waals surface area contributed by atoms with Gasteiger partial charge in [0, 0.05) is 18.0 Å². The lowest BCUT2D eigenvalue weighted by molar-refractivity contribution is 0.613. The van der Waals surface area contributed by atoms with E-state index in [0.717, 1.165) is 16.8 Å². The van der Waals surface area contributed by atoms with E-state index < -0.39 is 0 Å². The number of benzene rings is 2. The summed E-state index contributed by atoms with van der Waals surface area (Å²) in [5.41, 5.74) is 3.89. The smallest absolute Gasteiger partial charge is 0.244 e. The normalized spacial score (nSPS) is 11.4. The Hall–Kier alpha value is -2.55. The number of rotatable bonds is 1. The zero-order valence-corrected chi connectivity index (χ0v) is 10.5. The molecule has 0 spiro atoms. The van der Waals surface area contributed by atoms with Gasteiger partial charge >= 0.3 is 0 Å². The first-order chi connectivity index (χ1) is 9.33. The molecule has 0 bridgehead atoms. The molecule has 92 valence electrons. The average Bonchev–Trinajstić information content (AvgIpc) is 3.00. The molecule has 2 aromatic heterocycles. The zero-order chi connectivity index (χ0) is 12.8. The van der Waals surface area contributed by atoms with Crippen LogP contribution in [0.1, 0.15) is 0 Å². The number of oxazole rings is 1. The van der Waals surface area contributed by atoms with Gasteiger partial charge in [-0.15, -0.1) is 0 Å². The highest BCUT2D eigenvalue weighted by atomic mass is 16.3. The second-order valence-electron chi connectivity index (χ2n) is 4.63. The van der Waals surface area contributed by atoms with Gasteiger partial charge in [-0.2, -0.15) is 0 Å². The second kappa shape index (κ2) is 3.72. The van der Waals surface area contributed by atoms with Crippen molar-refractivity contribution in [1.29, 1.82) is 0 Å². The summed E-state index contributed by atoms with van der Waals surface area (Å²) in [6.07, 6.45) is 0. The molecule has 0 aliphatic rings. The van der Waals surface area contributed by atoms with E-state index in [2.05, 4.69) is 27.8 Å². The van der Waals surface area contributed by atoms with Gasteiger partial charge in [0.05, 0.1) is 0 Å². The van der Waals surface area contributed by atoms with Gasteiger partial charge in [-0.3, -0.25) is 0 Å². The second-order valence-corrected chi connectivity index (χ2v) is 4.63. The van der Waals surface area contributed by atoms with E-state index in [-0.39, 0.29) is 0 Å². The number of nitrogens with zero attached hydrogens (tertiary/aromatic N) is 2. The molecule has 0 fully saturated rings. The molecule has 0 amide bonds. The minimum Gasteiger partial charge on any atom is -0.435 e. The van der Waals surface area contributed by atoms with Gasteiger partial charge < -0.3 is 8.98 Å².